The van der Waals surface area contributed by atoms with Crippen molar-refractivity contribution in [2.75, 3.05) is 0 Å². The van der Waals surface area contributed by atoms with E-state index in [-0.39, 0.29) is 11.8 Å². The van der Waals surface area contributed by atoms with E-state index >= 15 is 0 Å². The van der Waals surface area contributed by atoms with Gasteiger partial charge in [0.15, 0.2) is 5.78 Å². The van der Waals surface area contributed by atoms with Gasteiger partial charge in [0.25, 0.3) is 0 Å². The summed E-state index contributed by atoms with van der Waals surface area (Å²) in [5.41, 5.74) is -0.667. The van der Waals surface area contributed by atoms with Gasteiger partial charge in [-0.3, -0.25) is 4.79 Å². The van der Waals surface area contributed by atoms with Crippen LogP contribution in [0, 0.1) is 18.1 Å². The van der Waals surface area contributed by atoms with Crippen molar-refractivity contribution in [1.82, 2.24) is 5.32 Å². The molecule has 0 saturated heterocycles. The van der Waals surface area contributed by atoms with Crippen LogP contribution in [0.25, 0.3) is 0 Å². The van der Waals surface area contributed by atoms with E-state index in [0.29, 0.717) is 6.42 Å². The molecule has 0 heterocycles. The molecule has 0 fully saturated rings. The molecule has 116 valence electrons. The highest BCUT2D eigenvalue weighted by molar-refractivity contribution is 5.99. The molecule has 6 heteroatoms. The monoisotopic (exact) mass is 287 g/mol. The number of alkyl carbamates (subject to hydrolysis) is 1. The minimum Gasteiger partial charge on any atom is -0.444 e. The van der Waals surface area contributed by atoms with E-state index in [4.69, 9.17) is 14.9 Å². The zero-order valence-corrected chi connectivity index (χ0v) is 13.0. The summed E-state index contributed by atoms with van der Waals surface area (Å²) in [5, 5.41) is 20.4. The van der Waals surface area contributed by atoms with Crippen LogP contribution in [0.4, 0.5) is 4.79 Å². The highest BCUT2D eigenvalue weighted by Crippen LogP contribution is 2.18. The Bertz CT molecular complexity index is 333. The van der Waals surface area contributed by atoms with Gasteiger partial charge in [-0.1, -0.05) is 13.8 Å². The molecule has 3 N–H and O–H groups in total. The van der Waals surface area contributed by atoms with Crippen molar-refractivity contribution in [3.63, 3.8) is 0 Å². The van der Waals surface area contributed by atoms with Crippen LogP contribution in [0.1, 0.15) is 48.0 Å². The van der Waals surface area contributed by atoms with Gasteiger partial charge in [-0.25, -0.2) is 4.79 Å². The normalized spacial score (nSPS) is 13.8. The molecule has 0 aromatic heterocycles. The summed E-state index contributed by atoms with van der Waals surface area (Å²) in [5.74, 6) is -0.580. The summed E-state index contributed by atoms with van der Waals surface area (Å²) in [4.78, 5) is 23.8. The molecule has 1 atom stereocenters. The van der Waals surface area contributed by atoms with E-state index in [2.05, 4.69) is 5.32 Å². The number of Topliss-reactive ketones (excluding diaryl/α,β-unsaturated/α-hetero) is 1. The Balaban J connectivity index is 4.81. The highest BCUT2D eigenvalue weighted by Gasteiger charge is 2.32. The van der Waals surface area contributed by atoms with Crippen molar-refractivity contribution in [2.45, 2.75) is 59.6 Å². The number of carbonyl (C=O) groups is 2. The van der Waals surface area contributed by atoms with Gasteiger partial charge >= 0.3 is 6.09 Å². The van der Waals surface area contributed by atoms with E-state index in [1.54, 1.807) is 20.8 Å². The molecule has 0 aliphatic heterocycles. The maximum atomic E-state index is 12.1. The minimum absolute atomic E-state index is 0.146. The number of ketones is 1. The summed E-state index contributed by atoms with van der Waals surface area (Å²) in [6.07, 6.45) is -1.36. The lowest BCUT2D eigenvalue weighted by atomic mass is 9.93. The standard InChI is InChI=1S/C14H25NO5/c1-8(2)7-10(11(16)9(3)12(17)18)15-13(19)20-14(4,5)6/h8,10,17-18H,7H2,1-6H3,(H,15,19)/t10-/m0/s1. The SMILES string of the molecule is C[C]([C](O)O)C(=O)[C@H](CC(C)C)NC(=O)OC(C)(C)C. The second-order valence-electron chi connectivity index (χ2n) is 6.14. The van der Waals surface area contributed by atoms with Crippen molar-refractivity contribution < 1.29 is 24.5 Å². The number of rotatable bonds is 6. The minimum atomic E-state index is -1.03. The van der Waals surface area contributed by atoms with E-state index in [1.807, 2.05) is 13.8 Å². The molecule has 0 aromatic rings. The Kier molecular flexibility index (Phi) is 7.16. The second-order valence-corrected chi connectivity index (χ2v) is 6.14. The van der Waals surface area contributed by atoms with Crippen LogP contribution in [0.15, 0.2) is 0 Å². The maximum absolute atomic E-state index is 12.1. The molecule has 2 radical (unpaired) electrons. The van der Waals surface area contributed by atoms with Gasteiger partial charge in [0, 0.05) is 0 Å². The summed E-state index contributed by atoms with van der Waals surface area (Å²) < 4.78 is 5.10. The second kappa shape index (κ2) is 7.59. The Labute approximate surface area is 120 Å². The third-order valence-corrected chi connectivity index (χ3v) is 2.42. The van der Waals surface area contributed by atoms with Gasteiger partial charge in [-0.2, -0.15) is 0 Å². The Morgan fingerprint density at radius 3 is 2.05 bits per heavy atom. The predicted octanol–water partition coefficient (Wildman–Crippen LogP) is 2.32. The largest absolute Gasteiger partial charge is 0.444 e. The highest BCUT2D eigenvalue weighted by atomic mass is 16.6. The summed E-state index contributed by atoms with van der Waals surface area (Å²) >= 11 is 0. The lowest BCUT2D eigenvalue weighted by molar-refractivity contribution is -0.121. The molecule has 0 aliphatic rings. The maximum Gasteiger partial charge on any atom is 0.408 e. The number of hydrogen-bond acceptors (Lipinski definition) is 5. The first-order valence-electron chi connectivity index (χ1n) is 6.56. The molecule has 0 rings (SSSR count). The van der Waals surface area contributed by atoms with Gasteiger partial charge in [-0.15, -0.1) is 0 Å². The van der Waals surface area contributed by atoms with Crippen molar-refractivity contribution in [1.29, 1.82) is 0 Å². The van der Waals surface area contributed by atoms with Gasteiger partial charge < -0.3 is 20.3 Å². The van der Waals surface area contributed by atoms with Crippen molar-refractivity contribution in [2.24, 2.45) is 5.92 Å². The summed E-state index contributed by atoms with van der Waals surface area (Å²) in [6, 6.07) is -0.848. The topological polar surface area (TPSA) is 95.9 Å². The number of aliphatic hydroxyl groups is 2. The van der Waals surface area contributed by atoms with Crippen LogP contribution in [-0.2, 0) is 9.53 Å². The lowest BCUT2D eigenvalue weighted by Crippen LogP contribution is -2.46. The van der Waals surface area contributed by atoms with Gasteiger partial charge in [0.05, 0.1) is 6.04 Å². The molecular formula is C14H25NO5. The molecule has 0 bridgehead atoms. The fraction of sp³-hybridized carbons (Fsp3) is 0.714. The smallest absolute Gasteiger partial charge is 0.408 e. The fourth-order valence-corrected chi connectivity index (χ4v) is 1.52. The quantitative estimate of drug-likeness (QED) is 0.696. The van der Waals surface area contributed by atoms with Gasteiger partial charge in [0.2, 0.25) is 6.29 Å². The molecule has 6 nitrogen and oxygen atoms in total. The van der Waals surface area contributed by atoms with Crippen LogP contribution in [0.3, 0.4) is 0 Å². The van der Waals surface area contributed by atoms with E-state index < -0.39 is 29.8 Å². The Morgan fingerprint density at radius 2 is 1.70 bits per heavy atom. The van der Waals surface area contributed by atoms with Crippen molar-refractivity contribution in [3.8, 4) is 0 Å². The number of hydrogen-bond donors (Lipinski definition) is 3. The first-order chi connectivity index (χ1) is 8.94. The molecule has 0 spiro atoms. The number of carbonyl (C=O) groups excluding carboxylic acids is 2. The Hall–Kier alpha value is -1.14. The molecule has 0 aliphatic carbocycles. The molecule has 0 aromatic carbocycles. The third kappa shape index (κ3) is 7.45. The molecule has 0 saturated carbocycles. The van der Waals surface area contributed by atoms with E-state index in [9.17, 15) is 9.59 Å². The van der Waals surface area contributed by atoms with E-state index in [0.717, 1.165) is 0 Å². The predicted molar refractivity (Wildman–Crippen MR) is 73.7 cm³/mol. The van der Waals surface area contributed by atoms with Crippen LogP contribution in [0.5, 0.6) is 0 Å². The van der Waals surface area contributed by atoms with Crippen LogP contribution >= 0.6 is 0 Å². The Morgan fingerprint density at radius 1 is 1.20 bits per heavy atom. The zero-order valence-electron chi connectivity index (χ0n) is 13.0. The molecule has 0 unspecified atom stereocenters. The van der Waals surface area contributed by atoms with Crippen LogP contribution in [0.2, 0.25) is 0 Å². The lowest BCUT2D eigenvalue weighted by Gasteiger charge is -2.25. The van der Waals surface area contributed by atoms with Gasteiger partial charge in [-0.05, 0) is 40.0 Å². The van der Waals surface area contributed by atoms with Crippen molar-refractivity contribution >= 4 is 11.9 Å². The fourth-order valence-electron chi connectivity index (χ4n) is 1.52. The van der Waals surface area contributed by atoms with E-state index in [1.165, 1.54) is 6.92 Å². The average molecular weight is 287 g/mol. The van der Waals surface area contributed by atoms with Crippen LogP contribution < -0.4 is 5.32 Å². The third-order valence-electron chi connectivity index (χ3n) is 2.42. The molecular weight excluding hydrogens is 262 g/mol. The number of ether oxygens (including phenoxy) is 1. The summed E-state index contributed by atoms with van der Waals surface area (Å²) in [7, 11) is 0. The molecule has 20 heavy (non-hydrogen) atoms. The number of nitrogens with one attached hydrogen (secondary N) is 1. The average Bonchev–Trinajstić information content (AvgIpc) is 2.22. The first-order valence-corrected chi connectivity index (χ1v) is 6.56. The molecule has 1 amide bonds. The number of amides is 1. The first kappa shape index (κ1) is 18.9. The van der Waals surface area contributed by atoms with Gasteiger partial charge in [0.1, 0.15) is 11.5 Å². The zero-order chi connectivity index (χ0) is 16.1. The van der Waals surface area contributed by atoms with Crippen LogP contribution in [-0.4, -0.2) is 33.7 Å². The van der Waals surface area contributed by atoms with Crippen molar-refractivity contribution in [3.05, 3.63) is 12.2 Å². The number of aliphatic hydroxyl groups excluding tert-OH is 1. The summed E-state index contributed by atoms with van der Waals surface area (Å²) in [6.45, 7) is 10.2.